The summed E-state index contributed by atoms with van der Waals surface area (Å²) in [4.78, 5) is 33.8. The average molecular weight is 383 g/mol. The molecule has 0 aliphatic carbocycles. The maximum atomic E-state index is 12.2. The third-order valence-electron chi connectivity index (χ3n) is 4.62. The van der Waals surface area contributed by atoms with Crippen molar-refractivity contribution in [2.45, 2.75) is 39.8 Å². The molecule has 1 saturated heterocycles. The topological polar surface area (TPSA) is 96.5 Å². The van der Waals surface area contributed by atoms with Crippen LogP contribution in [0.15, 0.2) is 36.5 Å². The minimum absolute atomic E-state index is 0.0537. The molecule has 0 saturated carbocycles. The second-order valence-corrected chi connectivity index (χ2v) is 7.17. The molecule has 8 heteroatoms. The highest BCUT2D eigenvalue weighted by molar-refractivity contribution is 5.89. The summed E-state index contributed by atoms with van der Waals surface area (Å²) in [5.41, 5.74) is 1.70. The van der Waals surface area contributed by atoms with Gasteiger partial charge in [0.2, 0.25) is 11.9 Å². The largest absolute Gasteiger partial charge is 0.447 e. The molecule has 1 aromatic carbocycles. The quantitative estimate of drug-likeness (QED) is 0.791. The van der Waals surface area contributed by atoms with Gasteiger partial charge in [0.05, 0.1) is 12.1 Å². The molecule has 2 unspecified atom stereocenters. The second-order valence-electron chi connectivity index (χ2n) is 7.17. The molecule has 1 aliphatic rings. The molecule has 2 N–H and O–H groups in total. The standard InChI is InChI=1S/C20H25N5O3/c1-12(2)17-11-28-20(27)25(17)18-8-9-21-19(24-18)22-13(3)15-6-5-7-16(10-15)23-14(4)26/h5-10,12-13,17H,11H2,1-4H3,(H,23,26)(H,21,22,24). The summed E-state index contributed by atoms with van der Waals surface area (Å²) in [7, 11) is 0. The first kappa shape index (κ1) is 19.6. The number of nitrogens with zero attached hydrogens (tertiary/aromatic N) is 3. The van der Waals surface area contributed by atoms with E-state index in [1.165, 1.54) is 6.92 Å². The van der Waals surface area contributed by atoms with Gasteiger partial charge in [0, 0.05) is 18.8 Å². The van der Waals surface area contributed by atoms with Crippen LogP contribution in [0.5, 0.6) is 0 Å². The van der Waals surface area contributed by atoms with Crippen LogP contribution in [0.25, 0.3) is 0 Å². The first-order chi connectivity index (χ1) is 13.3. The smallest absolute Gasteiger partial charge is 0.415 e. The zero-order chi connectivity index (χ0) is 20.3. The van der Waals surface area contributed by atoms with E-state index < -0.39 is 0 Å². The van der Waals surface area contributed by atoms with E-state index in [0.29, 0.717) is 18.4 Å². The van der Waals surface area contributed by atoms with Gasteiger partial charge in [-0.2, -0.15) is 4.98 Å². The Morgan fingerprint density at radius 3 is 2.79 bits per heavy atom. The predicted octanol–water partition coefficient (Wildman–Crippen LogP) is 3.59. The second kappa shape index (κ2) is 8.24. The molecular formula is C20H25N5O3. The number of hydrogen-bond donors (Lipinski definition) is 2. The van der Waals surface area contributed by atoms with Gasteiger partial charge in [-0.15, -0.1) is 0 Å². The van der Waals surface area contributed by atoms with Gasteiger partial charge in [0.15, 0.2) is 0 Å². The highest BCUT2D eigenvalue weighted by Gasteiger charge is 2.37. The number of carbonyl (C=O) groups is 2. The Labute approximate surface area is 164 Å². The van der Waals surface area contributed by atoms with Crippen molar-refractivity contribution in [2.75, 3.05) is 22.1 Å². The van der Waals surface area contributed by atoms with E-state index in [2.05, 4.69) is 20.6 Å². The van der Waals surface area contributed by atoms with E-state index in [0.717, 1.165) is 11.3 Å². The van der Waals surface area contributed by atoms with Gasteiger partial charge in [0.1, 0.15) is 12.4 Å². The normalized spacial score (nSPS) is 17.4. The Hall–Kier alpha value is -3.16. The maximum absolute atomic E-state index is 12.2. The van der Waals surface area contributed by atoms with Crippen LogP contribution in [0, 0.1) is 5.92 Å². The van der Waals surface area contributed by atoms with Crippen LogP contribution < -0.4 is 15.5 Å². The number of nitrogens with one attached hydrogen (secondary N) is 2. The molecule has 2 aromatic rings. The molecule has 0 bridgehead atoms. The minimum Gasteiger partial charge on any atom is -0.447 e. The molecule has 2 amide bonds. The van der Waals surface area contributed by atoms with Gasteiger partial charge < -0.3 is 15.4 Å². The first-order valence-electron chi connectivity index (χ1n) is 9.28. The molecule has 3 rings (SSSR count). The van der Waals surface area contributed by atoms with Crippen molar-refractivity contribution in [1.29, 1.82) is 0 Å². The molecule has 1 aromatic heterocycles. The molecule has 28 heavy (non-hydrogen) atoms. The van der Waals surface area contributed by atoms with Crippen molar-refractivity contribution < 1.29 is 14.3 Å². The fraction of sp³-hybridized carbons (Fsp3) is 0.400. The SMILES string of the molecule is CC(=O)Nc1cccc(C(C)Nc2nccc(N3C(=O)OCC3C(C)C)n2)c1. The Morgan fingerprint density at radius 2 is 2.07 bits per heavy atom. The molecule has 0 radical (unpaired) electrons. The number of rotatable bonds is 6. The summed E-state index contributed by atoms with van der Waals surface area (Å²) >= 11 is 0. The van der Waals surface area contributed by atoms with Crippen molar-refractivity contribution in [3.05, 3.63) is 42.1 Å². The zero-order valence-electron chi connectivity index (χ0n) is 16.5. The lowest BCUT2D eigenvalue weighted by Crippen LogP contribution is -2.37. The van der Waals surface area contributed by atoms with Gasteiger partial charge in [0.25, 0.3) is 0 Å². The van der Waals surface area contributed by atoms with Crippen LogP contribution in [0.4, 0.5) is 22.2 Å². The Bertz CT molecular complexity index is 870. The van der Waals surface area contributed by atoms with Crippen molar-refractivity contribution >= 4 is 29.5 Å². The molecule has 2 atom stereocenters. The summed E-state index contributed by atoms with van der Waals surface area (Å²) in [6, 6.07) is 9.12. The van der Waals surface area contributed by atoms with Crippen molar-refractivity contribution in [3.8, 4) is 0 Å². The van der Waals surface area contributed by atoms with Crippen LogP contribution in [-0.2, 0) is 9.53 Å². The molecule has 8 nitrogen and oxygen atoms in total. The van der Waals surface area contributed by atoms with Crippen molar-refractivity contribution in [1.82, 2.24) is 9.97 Å². The predicted molar refractivity (Wildman–Crippen MR) is 107 cm³/mol. The Morgan fingerprint density at radius 1 is 1.29 bits per heavy atom. The molecule has 2 heterocycles. The van der Waals surface area contributed by atoms with Gasteiger partial charge in [-0.05, 0) is 36.6 Å². The highest BCUT2D eigenvalue weighted by Crippen LogP contribution is 2.27. The molecule has 1 fully saturated rings. The van der Waals surface area contributed by atoms with Crippen LogP contribution in [0.1, 0.15) is 39.3 Å². The molecule has 148 valence electrons. The van der Waals surface area contributed by atoms with Gasteiger partial charge >= 0.3 is 6.09 Å². The van der Waals surface area contributed by atoms with E-state index in [4.69, 9.17) is 4.74 Å². The summed E-state index contributed by atoms with van der Waals surface area (Å²) in [5, 5.41) is 6.02. The lowest BCUT2D eigenvalue weighted by molar-refractivity contribution is -0.114. The number of benzene rings is 1. The number of aromatic nitrogens is 2. The van der Waals surface area contributed by atoms with E-state index >= 15 is 0 Å². The van der Waals surface area contributed by atoms with Gasteiger partial charge in [-0.1, -0.05) is 26.0 Å². The number of carbonyl (C=O) groups excluding carboxylic acids is 2. The molecular weight excluding hydrogens is 358 g/mol. The van der Waals surface area contributed by atoms with Crippen molar-refractivity contribution in [2.24, 2.45) is 5.92 Å². The number of ether oxygens (including phenoxy) is 1. The van der Waals surface area contributed by atoms with E-state index in [9.17, 15) is 9.59 Å². The van der Waals surface area contributed by atoms with E-state index in [1.807, 2.05) is 45.0 Å². The third kappa shape index (κ3) is 4.39. The summed E-state index contributed by atoms with van der Waals surface area (Å²) in [6.45, 7) is 7.90. The number of hydrogen-bond acceptors (Lipinski definition) is 6. The van der Waals surface area contributed by atoms with Crippen LogP contribution in [0.2, 0.25) is 0 Å². The van der Waals surface area contributed by atoms with Gasteiger partial charge in [-0.3, -0.25) is 9.69 Å². The number of amides is 2. The van der Waals surface area contributed by atoms with E-state index in [-0.39, 0.29) is 30.0 Å². The summed E-state index contributed by atoms with van der Waals surface area (Å²) in [5.74, 6) is 1.05. The fourth-order valence-corrected chi connectivity index (χ4v) is 3.11. The number of cyclic esters (lactones) is 1. The Balaban J connectivity index is 1.77. The Kier molecular flexibility index (Phi) is 5.77. The van der Waals surface area contributed by atoms with E-state index in [1.54, 1.807) is 17.2 Å². The molecule has 0 spiro atoms. The minimum atomic E-state index is -0.389. The lowest BCUT2D eigenvalue weighted by atomic mass is 10.0. The average Bonchev–Trinajstić information content (AvgIpc) is 3.03. The fourth-order valence-electron chi connectivity index (χ4n) is 3.11. The third-order valence-corrected chi connectivity index (χ3v) is 4.62. The lowest BCUT2D eigenvalue weighted by Gasteiger charge is -2.24. The maximum Gasteiger partial charge on any atom is 0.415 e. The van der Waals surface area contributed by atoms with Gasteiger partial charge in [-0.25, -0.2) is 9.78 Å². The summed E-state index contributed by atoms with van der Waals surface area (Å²) < 4.78 is 5.20. The number of anilines is 3. The first-order valence-corrected chi connectivity index (χ1v) is 9.28. The monoisotopic (exact) mass is 383 g/mol. The van der Waals surface area contributed by atoms with Crippen LogP contribution in [0.3, 0.4) is 0 Å². The van der Waals surface area contributed by atoms with Crippen molar-refractivity contribution in [3.63, 3.8) is 0 Å². The van der Waals surface area contributed by atoms with Crippen LogP contribution >= 0.6 is 0 Å². The zero-order valence-corrected chi connectivity index (χ0v) is 16.5. The van der Waals surface area contributed by atoms with Crippen LogP contribution in [-0.4, -0.2) is 34.6 Å². The molecule has 1 aliphatic heterocycles. The highest BCUT2D eigenvalue weighted by atomic mass is 16.6. The summed E-state index contributed by atoms with van der Waals surface area (Å²) in [6.07, 6.45) is 1.23.